The minimum absolute atomic E-state index is 0.0362. The average molecular weight is 851 g/mol. The predicted octanol–water partition coefficient (Wildman–Crippen LogP) is 4.59. The number of ether oxygens (including phenoxy) is 3. The lowest BCUT2D eigenvalue weighted by Gasteiger charge is -2.33. The van der Waals surface area contributed by atoms with Crippen LogP contribution < -0.4 is 29.7 Å². The molecular formula is C40H53F3N6O9S. The Kier molecular flexibility index (Phi) is 12.1. The van der Waals surface area contributed by atoms with E-state index >= 15 is 0 Å². The third-order valence-corrected chi connectivity index (χ3v) is 14.2. The standard InChI is InChI=1S/C40H53F3N6O9S/c1-22-10-8-9-11-26-20-39(26,36(52)47-59(54,55)38(4)14-15-38)46-33(50)30-19-28(58-34-29-13-12-27(56-7)17-25(29)18-31(44-34)48(5)6)21-49(30)35(51)32(23(2)16-22)45-37(53)57-24(3)40(41,42)43/h9,11-13,17-18,22-24,26,28,30,32H,8,10,14-16,19-21H2,1-7H3,(H,45,53)(H,46,50)(H,47,52)/b11-9-/t22-,23+,24+,26+,28+,30-,32-,39+/m0/s1. The molecular weight excluding hydrogens is 798 g/mol. The lowest BCUT2D eigenvalue weighted by atomic mass is 9.88. The van der Waals surface area contributed by atoms with E-state index in [9.17, 15) is 40.8 Å². The quantitative estimate of drug-likeness (QED) is 0.300. The number of sulfonamides is 1. The number of carbonyl (C=O) groups is 4. The Morgan fingerprint density at radius 1 is 1.12 bits per heavy atom. The molecule has 3 fully saturated rings. The molecule has 1 saturated heterocycles. The highest BCUT2D eigenvalue weighted by atomic mass is 32.2. The van der Waals surface area contributed by atoms with Gasteiger partial charge in [0, 0.05) is 31.8 Å². The van der Waals surface area contributed by atoms with Gasteiger partial charge in [0.1, 0.15) is 35.3 Å². The van der Waals surface area contributed by atoms with Crippen molar-refractivity contribution in [1.29, 1.82) is 0 Å². The highest BCUT2D eigenvalue weighted by Crippen LogP contribution is 2.48. The summed E-state index contributed by atoms with van der Waals surface area (Å²) in [6.07, 6.45) is -3.76. The van der Waals surface area contributed by atoms with Crippen LogP contribution in [0.15, 0.2) is 36.4 Å². The molecule has 4 aliphatic rings. The van der Waals surface area contributed by atoms with Crippen molar-refractivity contribution >= 4 is 50.4 Å². The number of amides is 4. The molecule has 19 heteroatoms. The number of hydrogen-bond acceptors (Lipinski definition) is 11. The second kappa shape index (κ2) is 16.3. The van der Waals surface area contributed by atoms with Crippen molar-refractivity contribution in [3.8, 4) is 11.6 Å². The zero-order chi connectivity index (χ0) is 43.2. The summed E-state index contributed by atoms with van der Waals surface area (Å²) >= 11 is 0. The Bertz CT molecular complexity index is 2110. The highest BCUT2D eigenvalue weighted by molar-refractivity contribution is 7.91. The number of alkyl carbamates (subject to hydrolysis) is 1. The molecule has 2 aromatic rings. The van der Waals surface area contributed by atoms with E-state index in [0.29, 0.717) is 56.0 Å². The minimum atomic E-state index is -4.86. The third-order valence-electron chi connectivity index (χ3n) is 12.0. The second-order valence-corrected chi connectivity index (χ2v) is 19.1. The van der Waals surface area contributed by atoms with Gasteiger partial charge in [0.05, 0.1) is 18.4 Å². The fraction of sp³-hybridized carbons (Fsp3) is 0.625. The van der Waals surface area contributed by atoms with E-state index in [1.54, 1.807) is 50.2 Å². The lowest BCUT2D eigenvalue weighted by molar-refractivity contribution is -0.197. The van der Waals surface area contributed by atoms with Crippen LogP contribution in [0.4, 0.5) is 23.8 Å². The number of anilines is 1. The molecule has 59 heavy (non-hydrogen) atoms. The van der Waals surface area contributed by atoms with Crippen LogP contribution in [-0.2, 0) is 29.1 Å². The summed E-state index contributed by atoms with van der Waals surface area (Å²) in [6, 6.07) is 4.38. The van der Waals surface area contributed by atoms with Crippen molar-refractivity contribution in [3.05, 3.63) is 36.4 Å². The van der Waals surface area contributed by atoms with Gasteiger partial charge in [-0.15, -0.1) is 0 Å². The molecule has 8 atom stereocenters. The maximum atomic E-state index is 14.8. The zero-order valence-electron chi connectivity index (χ0n) is 34.2. The van der Waals surface area contributed by atoms with Crippen molar-refractivity contribution in [2.24, 2.45) is 17.8 Å². The summed E-state index contributed by atoms with van der Waals surface area (Å²) in [4.78, 5) is 63.9. The van der Waals surface area contributed by atoms with Crippen LogP contribution in [-0.4, -0.2) is 111 Å². The number of carbonyl (C=O) groups excluding carboxylic acids is 4. The Balaban J connectivity index is 1.37. The number of benzene rings is 1. The Morgan fingerprint density at radius 2 is 1.83 bits per heavy atom. The largest absolute Gasteiger partial charge is 0.497 e. The molecule has 4 amide bonds. The van der Waals surface area contributed by atoms with Crippen LogP contribution in [0.1, 0.15) is 72.6 Å². The van der Waals surface area contributed by atoms with Gasteiger partial charge in [0.15, 0.2) is 6.10 Å². The van der Waals surface area contributed by atoms with E-state index < -0.39 is 86.4 Å². The molecule has 2 aliphatic heterocycles. The van der Waals surface area contributed by atoms with Crippen LogP contribution >= 0.6 is 0 Å². The minimum Gasteiger partial charge on any atom is -0.497 e. The van der Waals surface area contributed by atoms with Crippen molar-refractivity contribution in [2.75, 3.05) is 32.6 Å². The van der Waals surface area contributed by atoms with Crippen molar-refractivity contribution in [2.45, 2.75) is 113 Å². The van der Waals surface area contributed by atoms with E-state index in [0.717, 1.165) is 5.39 Å². The number of nitrogens with zero attached hydrogens (tertiary/aromatic N) is 3. The molecule has 15 nitrogen and oxygen atoms in total. The summed E-state index contributed by atoms with van der Waals surface area (Å²) in [5, 5.41) is 6.51. The summed E-state index contributed by atoms with van der Waals surface area (Å²) < 4.78 is 84.3. The number of nitrogens with one attached hydrogen (secondary N) is 3. The molecule has 324 valence electrons. The molecule has 2 aliphatic carbocycles. The number of fused-ring (bicyclic) bond motifs is 3. The maximum absolute atomic E-state index is 14.8. The normalized spacial score (nSPS) is 29.4. The molecule has 0 spiro atoms. The van der Waals surface area contributed by atoms with Gasteiger partial charge in [-0.3, -0.25) is 19.1 Å². The first-order valence-electron chi connectivity index (χ1n) is 19.8. The number of halogens is 3. The molecule has 3 N–H and O–H groups in total. The molecule has 6 rings (SSSR count). The number of rotatable bonds is 9. The SMILES string of the molecule is COc1ccc2c(O[C@@H]3C[C@H]4C(=O)N[C@]5(C(=O)NS(=O)(=O)C6(C)CC6)C[C@H]5/C=C\CC[C@H](C)C[C@@H](C)[C@H](NC(=O)O[C@H](C)C(F)(F)F)C(=O)N4C3)nc(N(C)C)cc2c1. The monoisotopic (exact) mass is 850 g/mol. The number of hydrogen-bond donors (Lipinski definition) is 3. The highest BCUT2D eigenvalue weighted by Gasteiger charge is 2.63. The number of aromatic nitrogens is 1. The number of pyridine rings is 1. The van der Waals surface area contributed by atoms with Crippen LogP contribution in [0.3, 0.4) is 0 Å². The zero-order valence-corrected chi connectivity index (χ0v) is 35.0. The van der Waals surface area contributed by atoms with Gasteiger partial charge in [-0.25, -0.2) is 13.2 Å². The van der Waals surface area contributed by atoms with E-state index in [-0.39, 0.29) is 31.2 Å². The molecule has 1 aromatic carbocycles. The molecule has 0 radical (unpaired) electrons. The first kappa shape index (κ1) is 43.8. The first-order valence-corrected chi connectivity index (χ1v) is 21.3. The molecule has 0 unspecified atom stereocenters. The Labute approximate surface area is 341 Å². The second-order valence-electron chi connectivity index (χ2n) is 16.9. The number of alkyl halides is 3. The van der Waals surface area contributed by atoms with Gasteiger partial charge in [-0.05, 0) is 93.9 Å². The van der Waals surface area contributed by atoms with Crippen LogP contribution in [0, 0.1) is 17.8 Å². The molecule has 2 saturated carbocycles. The summed E-state index contributed by atoms with van der Waals surface area (Å²) in [5.41, 5.74) is -1.65. The van der Waals surface area contributed by atoms with Crippen molar-refractivity contribution in [3.63, 3.8) is 0 Å². The van der Waals surface area contributed by atoms with Gasteiger partial charge in [0.25, 0.3) is 5.91 Å². The fourth-order valence-electron chi connectivity index (χ4n) is 7.78. The Morgan fingerprint density at radius 3 is 2.47 bits per heavy atom. The van der Waals surface area contributed by atoms with Crippen LogP contribution in [0.25, 0.3) is 10.8 Å². The van der Waals surface area contributed by atoms with Gasteiger partial charge >= 0.3 is 12.3 Å². The molecule has 0 bridgehead atoms. The van der Waals surface area contributed by atoms with E-state index in [1.165, 1.54) is 18.9 Å². The summed E-state index contributed by atoms with van der Waals surface area (Å²) in [5.74, 6) is -2.35. The average Bonchev–Trinajstić information content (AvgIpc) is 4.04. The number of methoxy groups -OCH3 is 1. The first-order chi connectivity index (χ1) is 27.6. The fourth-order valence-corrected chi connectivity index (χ4v) is 9.09. The van der Waals surface area contributed by atoms with Gasteiger partial charge in [-0.1, -0.05) is 26.0 Å². The van der Waals surface area contributed by atoms with Gasteiger partial charge in [-0.2, -0.15) is 18.2 Å². The van der Waals surface area contributed by atoms with Gasteiger partial charge < -0.3 is 34.6 Å². The van der Waals surface area contributed by atoms with E-state index in [1.807, 2.05) is 19.1 Å². The summed E-state index contributed by atoms with van der Waals surface area (Å²) in [6.45, 7) is 5.62. The van der Waals surface area contributed by atoms with Crippen LogP contribution in [0.2, 0.25) is 0 Å². The van der Waals surface area contributed by atoms with Crippen molar-refractivity contribution in [1.82, 2.24) is 25.2 Å². The third kappa shape index (κ3) is 9.34. The van der Waals surface area contributed by atoms with E-state index in [4.69, 9.17) is 14.5 Å². The maximum Gasteiger partial charge on any atom is 0.425 e. The Hall–Kier alpha value is -4.81. The number of allylic oxidation sites excluding steroid dienone is 1. The lowest BCUT2D eigenvalue weighted by Crippen LogP contribution is -2.59. The van der Waals surface area contributed by atoms with E-state index in [2.05, 4.69) is 20.1 Å². The van der Waals surface area contributed by atoms with Gasteiger partial charge in [0.2, 0.25) is 27.7 Å². The van der Waals surface area contributed by atoms with Crippen molar-refractivity contribution < 1.29 is 55.0 Å². The smallest absolute Gasteiger partial charge is 0.425 e. The molecule has 3 heterocycles. The summed E-state index contributed by atoms with van der Waals surface area (Å²) in [7, 11) is 1.05. The predicted molar refractivity (Wildman–Crippen MR) is 211 cm³/mol. The topological polar surface area (TPSA) is 186 Å². The molecule has 1 aromatic heterocycles. The van der Waals surface area contributed by atoms with Crippen LogP contribution in [0.5, 0.6) is 11.6 Å².